The van der Waals surface area contributed by atoms with Crippen LogP contribution in [0, 0.1) is 5.92 Å². The lowest BCUT2D eigenvalue weighted by atomic mass is 10.0. The lowest BCUT2D eigenvalue weighted by Crippen LogP contribution is -2.42. The summed E-state index contributed by atoms with van der Waals surface area (Å²) in [5, 5.41) is 11.6. The van der Waals surface area contributed by atoms with E-state index in [2.05, 4.69) is 5.32 Å². The molecule has 8 heteroatoms. The molecule has 1 rings (SSSR count). The predicted octanol–water partition coefficient (Wildman–Crippen LogP) is 1.38. The molecule has 25 heavy (non-hydrogen) atoms. The topological polar surface area (TPSA) is 119 Å². The summed E-state index contributed by atoms with van der Waals surface area (Å²) in [5.41, 5.74) is 0.200. The van der Waals surface area contributed by atoms with E-state index in [9.17, 15) is 24.3 Å². The quantitative estimate of drug-likeness (QED) is 0.536. The molecule has 0 aliphatic rings. The molecule has 0 aliphatic heterocycles. The van der Waals surface area contributed by atoms with Crippen LogP contribution in [0.1, 0.15) is 37.6 Å². The third-order valence-electron chi connectivity index (χ3n) is 3.26. The third-order valence-corrected chi connectivity index (χ3v) is 3.26. The Bertz CT molecular complexity index is 639. The van der Waals surface area contributed by atoms with E-state index in [4.69, 9.17) is 9.47 Å². The van der Waals surface area contributed by atoms with Crippen LogP contribution in [0.2, 0.25) is 0 Å². The van der Waals surface area contributed by atoms with Crippen LogP contribution in [0.4, 0.5) is 0 Å². The number of aliphatic carboxylic acids is 1. The second kappa shape index (κ2) is 9.41. The number of rotatable bonds is 8. The Hall–Kier alpha value is -2.90. The summed E-state index contributed by atoms with van der Waals surface area (Å²) in [7, 11) is 0. The number of carbonyl (C=O) groups is 4. The first-order chi connectivity index (χ1) is 11.7. The van der Waals surface area contributed by atoms with Gasteiger partial charge in [-0.05, 0) is 37.6 Å². The minimum atomic E-state index is -1.25. The van der Waals surface area contributed by atoms with Crippen LogP contribution < -0.4 is 10.1 Å². The first kappa shape index (κ1) is 20.1. The second-order valence-electron chi connectivity index (χ2n) is 5.37. The Labute approximate surface area is 145 Å². The Kier molecular flexibility index (Phi) is 7.58. The Balaban J connectivity index is 2.74. The van der Waals surface area contributed by atoms with E-state index < -0.39 is 35.8 Å². The Morgan fingerprint density at radius 1 is 1.16 bits per heavy atom. The average Bonchev–Trinajstić information content (AvgIpc) is 2.54. The fourth-order valence-corrected chi connectivity index (χ4v) is 2.04. The predicted molar refractivity (Wildman–Crippen MR) is 87.1 cm³/mol. The van der Waals surface area contributed by atoms with Gasteiger partial charge in [0, 0.05) is 12.5 Å². The molecule has 0 unspecified atom stereocenters. The van der Waals surface area contributed by atoms with E-state index in [1.54, 1.807) is 6.92 Å². The molecule has 1 aromatic rings. The van der Waals surface area contributed by atoms with Crippen LogP contribution in [0.25, 0.3) is 0 Å². The largest absolute Gasteiger partial charge is 0.480 e. The Morgan fingerprint density at radius 2 is 1.76 bits per heavy atom. The number of amides is 1. The number of hydrogen-bond acceptors (Lipinski definition) is 6. The maximum atomic E-state index is 12.2. The van der Waals surface area contributed by atoms with Crippen LogP contribution in [0.5, 0.6) is 5.75 Å². The van der Waals surface area contributed by atoms with Crippen LogP contribution in [-0.4, -0.2) is 41.6 Å². The summed E-state index contributed by atoms with van der Waals surface area (Å²) < 4.78 is 9.69. The van der Waals surface area contributed by atoms with Gasteiger partial charge in [-0.15, -0.1) is 0 Å². The number of carbonyl (C=O) groups excluding carboxylic acids is 3. The number of carboxylic acid groups (broad SMARTS) is 1. The zero-order valence-electron chi connectivity index (χ0n) is 14.3. The number of nitrogens with one attached hydrogen (secondary N) is 1. The van der Waals surface area contributed by atoms with Crippen molar-refractivity contribution in [1.82, 2.24) is 5.32 Å². The molecule has 1 amide bonds. The third kappa shape index (κ3) is 6.62. The van der Waals surface area contributed by atoms with Gasteiger partial charge < -0.3 is 19.9 Å². The molecule has 2 N–H and O–H groups in total. The summed E-state index contributed by atoms with van der Waals surface area (Å²) in [5.74, 6) is -3.27. The van der Waals surface area contributed by atoms with Crippen molar-refractivity contribution in [3.05, 3.63) is 29.8 Å². The zero-order valence-corrected chi connectivity index (χ0v) is 14.3. The van der Waals surface area contributed by atoms with Crippen molar-refractivity contribution >= 4 is 23.8 Å². The number of carboxylic acids is 1. The van der Waals surface area contributed by atoms with Crippen molar-refractivity contribution in [2.75, 3.05) is 6.61 Å². The van der Waals surface area contributed by atoms with E-state index in [0.29, 0.717) is 0 Å². The van der Waals surface area contributed by atoms with Gasteiger partial charge in [0.15, 0.2) is 0 Å². The summed E-state index contributed by atoms with van der Waals surface area (Å²) in [4.78, 5) is 46.0. The molecular formula is C17H21NO7. The van der Waals surface area contributed by atoms with E-state index >= 15 is 0 Å². The molecular weight excluding hydrogens is 330 g/mol. The van der Waals surface area contributed by atoms with Gasteiger partial charge in [-0.3, -0.25) is 14.4 Å². The maximum absolute atomic E-state index is 12.2. The van der Waals surface area contributed by atoms with Gasteiger partial charge in [0.25, 0.3) is 5.91 Å². The molecule has 0 spiro atoms. The highest BCUT2D eigenvalue weighted by Gasteiger charge is 2.26. The molecule has 0 saturated heterocycles. The minimum absolute atomic E-state index is 0.0918. The average molecular weight is 351 g/mol. The summed E-state index contributed by atoms with van der Waals surface area (Å²) in [6.07, 6.45) is -0.0918. The molecule has 0 heterocycles. The van der Waals surface area contributed by atoms with E-state index in [0.717, 1.165) is 0 Å². The molecule has 8 nitrogen and oxygen atoms in total. The molecule has 0 bridgehead atoms. The van der Waals surface area contributed by atoms with Crippen molar-refractivity contribution in [2.24, 2.45) is 5.92 Å². The molecule has 2 atom stereocenters. The van der Waals surface area contributed by atoms with Gasteiger partial charge >= 0.3 is 17.9 Å². The summed E-state index contributed by atoms with van der Waals surface area (Å²) >= 11 is 0. The van der Waals surface area contributed by atoms with Crippen molar-refractivity contribution in [1.29, 1.82) is 0 Å². The molecule has 0 aromatic heterocycles. The molecule has 0 radical (unpaired) electrons. The van der Waals surface area contributed by atoms with Gasteiger partial charge in [-0.25, -0.2) is 4.79 Å². The highest BCUT2D eigenvalue weighted by molar-refractivity contribution is 5.96. The van der Waals surface area contributed by atoms with Crippen molar-refractivity contribution < 1.29 is 33.8 Å². The number of ether oxygens (including phenoxy) is 2. The first-order valence-electron chi connectivity index (χ1n) is 7.73. The highest BCUT2D eigenvalue weighted by Crippen LogP contribution is 2.14. The summed E-state index contributed by atoms with van der Waals surface area (Å²) in [6.45, 7) is 4.64. The van der Waals surface area contributed by atoms with E-state index in [1.165, 1.54) is 38.1 Å². The van der Waals surface area contributed by atoms with Crippen LogP contribution in [0.15, 0.2) is 24.3 Å². The van der Waals surface area contributed by atoms with Gasteiger partial charge in [-0.1, -0.05) is 6.92 Å². The van der Waals surface area contributed by atoms with Crippen molar-refractivity contribution in [3.8, 4) is 5.75 Å². The van der Waals surface area contributed by atoms with Gasteiger partial charge in [0.1, 0.15) is 11.8 Å². The number of benzene rings is 1. The molecule has 0 aliphatic carbocycles. The number of hydrogen-bond donors (Lipinski definition) is 2. The SMILES string of the molecule is CCOC(=O)[C@@H](C)C[C@H](NC(=O)c1ccc(OC(C)=O)cc1)C(=O)O. The molecule has 136 valence electrons. The smallest absolute Gasteiger partial charge is 0.326 e. The first-order valence-corrected chi connectivity index (χ1v) is 7.73. The van der Waals surface area contributed by atoms with Crippen molar-refractivity contribution in [2.45, 2.75) is 33.2 Å². The normalized spacial score (nSPS) is 12.6. The Morgan fingerprint density at radius 3 is 2.24 bits per heavy atom. The highest BCUT2D eigenvalue weighted by atomic mass is 16.5. The fraction of sp³-hybridized carbons (Fsp3) is 0.412. The van der Waals surface area contributed by atoms with E-state index in [1.807, 2.05) is 0 Å². The van der Waals surface area contributed by atoms with Crippen LogP contribution in [-0.2, 0) is 19.1 Å². The van der Waals surface area contributed by atoms with Gasteiger partial charge in [0.2, 0.25) is 0 Å². The summed E-state index contributed by atoms with van der Waals surface area (Å²) in [6, 6.07) is 4.42. The lowest BCUT2D eigenvalue weighted by molar-refractivity contribution is -0.148. The fourth-order valence-electron chi connectivity index (χ4n) is 2.04. The maximum Gasteiger partial charge on any atom is 0.326 e. The van der Waals surface area contributed by atoms with E-state index in [-0.39, 0.29) is 24.3 Å². The zero-order chi connectivity index (χ0) is 19.0. The lowest BCUT2D eigenvalue weighted by Gasteiger charge is -2.18. The van der Waals surface area contributed by atoms with Crippen LogP contribution in [0.3, 0.4) is 0 Å². The minimum Gasteiger partial charge on any atom is -0.480 e. The van der Waals surface area contributed by atoms with Crippen molar-refractivity contribution in [3.63, 3.8) is 0 Å². The van der Waals surface area contributed by atoms with Crippen LogP contribution >= 0.6 is 0 Å². The van der Waals surface area contributed by atoms with Gasteiger partial charge in [0.05, 0.1) is 12.5 Å². The number of esters is 2. The van der Waals surface area contributed by atoms with Gasteiger partial charge in [-0.2, -0.15) is 0 Å². The molecule has 0 saturated carbocycles. The molecule has 0 fully saturated rings. The monoisotopic (exact) mass is 351 g/mol. The standard InChI is InChI=1S/C17H21NO7/c1-4-24-17(23)10(2)9-14(16(21)22)18-15(20)12-5-7-13(8-6-12)25-11(3)19/h5-8,10,14H,4,9H2,1-3H3,(H,18,20)(H,21,22)/t10-,14-/m0/s1. The molecule has 1 aromatic carbocycles. The second-order valence-corrected chi connectivity index (χ2v) is 5.37.